The standard InChI is InChI=1S/C26H28N6O2/c1-17-8-9-18(2)21(14-17)16-32-25-23(29-30-32)26(34)28-24(27-25)20-10-12-31(13-11-20)22(33)15-19-6-4-3-5-7-19/h3-9,14,20H,10-13,15-16H2,1-2H3,(H,27,28,34). The molecule has 0 saturated carbocycles. The molecule has 1 saturated heterocycles. The number of benzene rings is 2. The normalized spacial score (nSPS) is 14.6. The quantitative estimate of drug-likeness (QED) is 0.498. The van der Waals surface area contributed by atoms with Crippen molar-refractivity contribution in [3.8, 4) is 0 Å². The molecule has 2 aromatic carbocycles. The summed E-state index contributed by atoms with van der Waals surface area (Å²) in [4.78, 5) is 35.0. The van der Waals surface area contributed by atoms with Crippen molar-refractivity contribution in [1.82, 2.24) is 29.9 Å². The molecule has 34 heavy (non-hydrogen) atoms. The van der Waals surface area contributed by atoms with Crippen molar-refractivity contribution in [2.24, 2.45) is 0 Å². The molecule has 5 rings (SSSR count). The van der Waals surface area contributed by atoms with Crippen LogP contribution in [-0.2, 0) is 17.8 Å². The Bertz CT molecular complexity index is 1380. The molecular formula is C26H28N6O2. The molecule has 0 spiro atoms. The van der Waals surface area contributed by atoms with E-state index in [2.05, 4.69) is 47.3 Å². The second-order valence-electron chi connectivity index (χ2n) is 9.12. The first kappa shape index (κ1) is 22.0. The number of nitrogens with one attached hydrogen (secondary N) is 1. The number of carbonyl (C=O) groups is 1. The minimum Gasteiger partial charge on any atom is -0.342 e. The van der Waals surface area contributed by atoms with Gasteiger partial charge in [-0.05, 0) is 43.4 Å². The van der Waals surface area contributed by atoms with Crippen LogP contribution in [0.25, 0.3) is 11.2 Å². The lowest BCUT2D eigenvalue weighted by atomic mass is 9.95. The van der Waals surface area contributed by atoms with Gasteiger partial charge in [-0.3, -0.25) is 9.59 Å². The van der Waals surface area contributed by atoms with E-state index in [1.165, 1.54) is 5.56 Å². The van der Waals surface area contributed by atoms with Crippen LogP contribution in [0.4, 0.5) is 0 Å². The Kier molecular flexibility index (Phi) is 5.96. The number of H-pyrrole nitrogens is 1. The number of aromatic nitrogens is 5. The number of fused-ring (bicyclic) bond motifs is 1. The number of piperidine rings is 1. The Morgan fingerprint density at radius 2 is 1.85 bits per heavy atom. The average molecular weight is 457 g/mol. The second kappa shape index (κ2) is 9.21. The molecule has 0 aliphatic carbocycles. The number of rotatable bonds is 5. The number of likely N-dealkylation sites (tertiary alicyclic amines) is 1. The van der Waals surface area contributed by atoms with Crippen molar-refractivity contribution in [3.63, 3.8) is 0 Å². The van der Waals surface area contributed by atoms with Crippen LogP contribution in [0.1, 0.15) is 46.8 Å². The van der Waals surface area contributed by atoms with Crippen LogP contribution in [0.2, 0.25) is 0 Å². The van der Waals surface area contributed by atoms with Gasteiger partial charge in [0, 0.05) is 19.0 Å². The fourth-order valence-electron chi connectivity index (χ4n) is 4.60. The summed E-state index contributed by atoms with van der Waals surface area (Å²) in [5, 5.41) is 8.30. The molecule has 1 amide bonds. The molecule has 1 N–H and O–H groups in total. The third kappa shape index (κ3) is 4.48. The van der Waals surface area contributed by atoms with Crippen molar-refractivity contribution in [2.45, 2.75) is 45.6 Å². The predicted octanol–water partition coefficient (Wildman–Crippen LogP) is 3.13. The van der Waals surface area contributed by atoms with Crippen molar-refractivity contribution in [3.05, 3.63) is 87.0 Å². The molecule has 1 aliphatic heterocycles. The molecular weight excluding hydrogens is 428 g/mol. The number of nitrogens with zero attached hydrogens (tertiary/aromatic N) is 5. The predicted molar refractivity (Wildman–Crippen MR) is 130 cm³/mol. The highest BCUT2D eigenvalue weighted by Gasteiger charge is 2.26. The molecule has 0 radical (unpaired) electrons. The van der Waals surface area contributed by atoms with Crippen LogP contribution in [-0.4, -0.2) is 48.9 Å². The average Bonchev–Trinajstić information content (AvgIpc) is 3.25. The van der Waals surface area contributed by atoms with Crippen molar-refractivity contribution < 1.29 is 4.79 Å². The largest absolute Gasteiger partial charge is 0.342 e. The minimum atomic E-state index is -0.269. The lowest BCUT2D eigenvalue weighted by Crippen LogP contribution is -2.39. The molecule has 174 valence electrons. The van der Waals surface area contributed by atoms with E-state index >= 15 is 0 Å². The fraction of sp³-hybridized carbons (Fsp3) is 0.346. The highest BCUT2D eigenvalue weighted by Crippen LogP contribution is 2.26. The van der Waals surface area contributed by atoms with E-state index in [9.17, 15) is 9.59 Å². The second-order valence-corrected chi connectivity index (χ2v) is 9.12. The topological polar surface area (TPSA) is 96.8 Å². The zero-order chi connectivity index (χ0) is 23.7. The van der Waals surface area contributed by atoms with Crippen LogP contribution >= 0.6 is 0 Å². The summed E-state index contributed by atoms with van der Waals surface area (Å²) < 4.78 is 1.70. The van der Waals surface area contributed by atoms with Crippen LogP contribution in [0, 0.1) is 13.8 Å². The van der Waals surface area contributed by atoms with Gasteiger partial charge in [0.05, 0.1) is 13.0 Å². The molecule has 1 aliphatic rings. The highest BCUT2D eigenvalue weighted by atomic mass is 16.2. The van der Waals surface area contributed by atoms with E-state index in [-0.39, 0.29) is 22.9 Å². The number of amides is 1. The third-order valence-corrected chi connectivity index (χ3v) is 6.65. The van der Waals surface area contributed by atoms with Gasteiger partial charge in [-0.1, -0.05) is 59.3 Å². The number of aromatic amines is 1. The van der Waals surface area contributed by atoms with E-state index in [1.807, 2.05) is 35.2 Å². The number of hydrogen-bond donors (Lipinski definition) is 1. The van der Waals surface area contributed by atoms with Gasteiger partial charge in [-0.15, -0.1) is 5.10 Å². The highest BCUT2D eigenvalue weighted by molar-refractivity contribution is 5.78. The Morgan fingerprint density at radius 1 is 1.09 bits per heavy atom. The Morgan fingerprint density at radius 3 is 2.62 bits per heavy atom. The van der Waals surface area contributed by atoms with Crippen molar-refractivity contribution >= 4 is 17.1 Å². The Labute approximate surface area is 197 Å². The van der Waals surface area contributed by atoms with Gasteiger partial charge in [-0.2, -0.15) is 0 Å². The summed E-state index contributed by atoms with van der Waals surface area (Å²) >= 11 is 0. The maximum absolute atomic E-state index is 12.7. The van der Waals surface area contributed by atoms with E-state index in [0.29, 0.717) is 37.5 Å². The molecule has 8 heteroatoms. The maximum Gasteiger partial charge on any atom is 0.281 e. The van der Waals surface area contributed by atoms with Gasteiger partial charge >= 0.3 is 0 Å². The first-order valence-electron chi connectivity index (χ1n) is 11.7. The van der Waals surface area contributed by atoms with Crippen LogP contribution in [0.3, 0.4) is 0 Å². The number of hydrogen-bond acceptors (Lipinski definition) is 5. The zero-order valence-corrected chi connectivity index (χ0v) is 19.5. The van der Waals surface area contributed by atoms with Gasteiger partial charge in [0.1, 0.15) is 5.82 Å². The van der Waals surface area contributed by atoms with Crippen LogP contribution in [0.15, 0.2) is 53.3 Å². The van der Waals surface area contributed by atoms with Gasteiger partial charge in [0.25, 0.3) is 5.56 Å². The van der Waals surface area contributed by atoms with E-state index < -0.39 is 0 Å². The van der Waals surface area contributed by atoms with Gasteiger partial charge in [-0.25, -0.2) is 9.67 Å². The fourth-order valence-corrected chi connectivity index (χ4v) is 4.60. The smallest absolute Gasteiger partial charge is 0.281 e. The molecule has 0 bridgehead atoms. The van der Waals surface area contributed by atoms with Crippen LogP contribution < -0.4 is 5.56 Å². The SMILES string of the molecule is Cc1ccc(C)c(Cn2nnc3c(=O)[nH]c(C4CCN(C(=O)Cc5ccccc5)CC4)nc32)c1. The number of carbonyl (C=O) groups excluding carboxylic acids is 1. The number of aryl methyl sites for hydroxylation is 2. The summed E-state index contributed by atoms with van der Waals surface area (Å²) in [5.41, 5.74) is 4.97. The first-order chi connectivity index (χ1) is 16.5. The van der Waals surface area contributed by atoms with Gasteiger partial charge < -0.3 is 9.88 Å². The van der Waals surface area contributed by atoms with Crippen LogP contribution in [0.5, 0.6) is 0 Å². The minimum absolute atomic E-state index is 0.0851. The molecule has 2 aromatic heterocycles. The monoisotopic (exact) mass is 456 g/mol. The van der Waals surface area contributed by atoms with E-state index in [4.69, 9.17) is 4.98 Å². The summed E-state index contributed by atoms with van der Waals surface area (Å²) in [5.74, 6) is 0.872. The lowest BCUT2D eigenvalue weighted by Gasteiger charge is -2.31. The lowest BCUT2D eigenvalue weighted by molar-refractivity contribution is -0.131. The van der Waals surface area contributed by atoms with E-state index in [0.717, 1.165) is 29.5 Å². The molecule has 1 fully saturated rings. The molecule has 4 aromatic rings. The van der Waals surface area contributed by atoms with Crippen molar-refractivity contribution in [1.29, 1.82) is 0 Å². The third-order valence-electron chi connectivity index (χ3n) is 6.65. The molecule has 8 nitrogen and oxygen atoms in total. The molecule has 0 unspecified atom stereocenters. The Hall–Kier alpha value is -3.81. The summed E-state index contributed by atoms with van der Waals surface area (Å²) in [6, 6.07) is 16.1. The zero-order valence-electron chi connectivity index (χ0n) is 19.5. The Balaban J connectivity index is 1.32. The maximum atomic E-state index is 12.7. The van der Waals surface area contributed by atoms with Crippen molar-refractivity contribution in [2.75, 3.05) is 13.1 Å². The van der Waals surface area contributed by atoms with E-state index in [1.54, 1.807) is 4.68 Å². The molecule has 0 atom stereocenters. The van der Waals surface area contributed by atoms with Gasteiger partial charge in [0.2, 0.25) is 5.91 Å². The molecule has 3 heterocycles. The van der Waals surface area contributed by atoms with Gasteiger partial charge in [0.15, 0.2) is 11.2 Å². The summed E-state index contributed by atoms with van der Waals surface area (Å²) in [7, 11) is 0. The summed E-state index contributed by atoms with van der Waals surface area (Å²) in [6.45, 7) is 5.93. The first-order valence-corrected chi connectivity index (χ1v) is 11.7. The summed E-state index contributed by atoms with van der Waals surface area (Å²) in [6.07, 6.45) is 1.93.